The number of ether oxygens (including phenoxy) is 8. The second-order valence-electron chi connectivity index (χ2n) is 17.8. The van der Waals surface area contributed by atoms with Crippen LogP contribution in [0.2, 0.25) is 0 Å². The summed E-state index contributed by atoms with van der Waals surface area (Å²) >= 11 is 0. The summed E-state index contributed by atoms with van der Waals surface area (Å²) < 4.78 is 47.9. The minimum Gasteiger partial charge on any atom is -0.459 e. The van der Waals surface area contributed by atoms with Crippen LogP contribution in [-0.2, 0) is 47.5 Å². The van der Waals surface area contributed by atoms with Gasteiger partial charge in [-0.1, -0.05) is 32.9 Å². The first kappa shape index (κ1) is 51.7. The smallest absolute Gasteiger partial charge is 0.311 e. The summed E-state index contributed by atoms with van der Waals surface area (Å²) in [7, 11) is 5.19. The minimum atomic E-state index is -1.99. The van der Waals surface area contributed by atoms with Gasteiger partial charge in [0.05, 0.1) is 66.6 Å². The lowest BCUT2D eigenvalue weighted by molar-refractivity contribution is -0.317. The molecule has 0 unspecified atom stereocenters. The third kappa shape index (κ3) is 12.7. The highest BCUT2D eigenvalue weighted by Gasteiger charge is 2.53. The van der Waals surface area contributed by atoms with Crippen LogP contribution in [0.4, 0.5) is 0 Å². The van der Waals surface area contributed by atoms with Crippen molar-refractivity contribution in [2.75, 3.05) is 48.0 Å². The largest absolute Gasteiger partial charge is 0.459 e. The Morgan fingerprint density at radius 2 is 1.54 bits per heavy atom. The summed E-state index contributed by atoms with van der Waals surface area (Å²) in [4.78, 5) is 21.8. The van der Waals surface area contributed by atoms with E-state index in [1.54, 1.807) is 55.4 Å². The first-order valence-corrected chi connectivity index (χ1v) is 21.0. The summed E-state index contributed by atoms with van der Waals surface area (Å²) in [5, 5.41) is 72.4. The van der Waals surface area contributed by atoms with E-state index in [2.05, 4.69) is 5.16 Å². The molecule has 0 bridgehead atoms. The van der Waals surface area contributed by atoms with Crippen molar-refractivity contribution >= 4 is 11.7 Å². The van der Waals surface area contributed by atoms with Gasteiger partial charge in [-0.3, -0.25) is 4.79 Å². The molecule has 0 aromatic carbocycles. The Balaban J connectivity index is 2.20. The number of rotatable bonds is 14. The summed E-state index contributed by atoms with van der Waals surface area (Å²) in [5.41, 5.74) is -4.59. The maximum atomic E-state index is 14.3. The predicted molar refractivity (Wildman–Crippen MR) is 214 cm³/mol. The van der Waals surface area contributed by atoms with Crippen molar-refractivity contribution < 1.29 is 78.2 Å². The second kappa shape index (κ2) is 22.1. The molecule has 18 nitrogen and oxygen atoms in total. The molecule has 346 valence electrons. The van der Waals surface area contributed by atoms with E-state index in [-0.39, 0.29) is 57.1 Å². The van der Waals surface area contributed by atoms with E-state index >= 15 is 0 Å². The van der Waals surface area contributed by atoms with Gasteiger partial charge in [-0.05, 0) is 74.9 Å². The lowest BCUT2D eigenvalue weighted by Gasteiger charge is -2.49. The number of nitrogens with zero attached hydrogens (tertiary/aromatic N) is 2. The Kier molecular flexibility index (Phi) is 19.4. The first-order chi connectivity index (χ1) is 27.5. The molecule has 0 aliphatic carbocycles. The van der Waals surface area contributed by atoms with Gasteiger partial charge < -0.3 is 78.3 Å². The van der Waals surface area contributed by atoms with E-state index in [9.17, 15) is 30.3 Å². The first-order valence-electron chi connectivity index (χ1n) is 21.0. The van der Waals surface area contributed by atoms with Crippen LogP contribution < -0.4 is 0 Å². The van der Waals surface area contributed by atoms with E-state index in [1.165, 1.54) is 14.0 Å². The van der Waals surface area contributed by atoms with Crippen molar-refractivity contribution in [3.63, 3.8) is 0 Å². The van der Waals surface area contributed by atoms with Crippen molar-refractivity contribution in [3.05, 3.63) is 0 Å². The molecular weight excluding hydrogens is 776 g/mol. The van der Waals surface area contributed by atoms with Crippen LogP contribution in [0.3, 0.4) is 0 Å². The summed E-state index contributed by atoms with van der Waals surface area (Å²) in [6, 6.07) is -0.341. The normalized spacial score (nSPS) is 45.3. The number of likely N-dealkylation sites (N-methyl/N-ethyl adjacent to an activating group) is 1. The molecule has 0 aromatic heterocycles. The van der Waals surface area contributed by atoms with Crippen molar-refractivity contribution in [2.24, 2.45) is 28.8 Å². The molecule has 0 saturated carbocycles. The van der Waals surface area contributed by atoms with Gasteiger partial charge in [0, 0.05) is 37.3 Å². The van der Waals surface area contributed by atoms with E-state index in [4.69, 9.17) is 47.8 Å². The number of cyclic esters (lactones) is 1. The topological polar surface area (TPSA) is 237 Å². The van der Waals surface area contributed by atoms with Crippen molar-refractivity contribution in [1.29, 1.82) is 0 Å². The van der Waals surface area contributed by atoms with Crippen LogP contribution in [0.1, 0.15) is 94.9 Å². The third-order valence-electron chi connectivity index (χ3n) is 12.6. The average Bonchev–Trinajstić information content (AvgIpc) is 3.17. The van der Waals surface area contributed by atoms with Gasteiger partial charge in [0.1, 0.15) is 30.7 Å². The predicted octanol–water partition coefficient (Wildman–Crippen LogP) is 1.53. The van der Waals surface area contributed by atoms with Crippen LogP contribution >= 0.6 is 0 Å². The number of methoxy groups -OCH3 is 1. The molecule has 0 aromatic rings. The molecule has 3 fully saturated rings. The molecule has 59 heavy (non-hydrogen) atoms. The monoisotopic (exact) mass is 853 g/mol. The Hall–Kier alpha value is -1.62. The highest BCUT2D eigenvalue weighted by molar-refractivity contribution is 5.88. The molecule has 3 heterocycles. The van der Waals surface area contributed by atoms with Crippen LogP contribution in [-0.4, -0.2) is 179 Å². The van der Waals surface area contributed by atoms with E-state index < -0.39 is 109 Å². The number of esters is 1. The lowest BCUT2D eigenvalue weighted by atomic mass is 9.73. The zero-order valence-electron chi connectivity index (χ0n) is 37.5. The number of aliphatic hydroxyl groups is 6. The highest BCUT2D eigenvalue weighted by atomic mass is 16.7. The van der Waals surface area contributed by atoms with Crippen LogP contribution in [0.25, 0.3) is 0 Å². The Labute approximate surface area is 350 Å². The molecule has 3 rings (SSSR count). The number of carbonyl (C=O) groups is 1. The summed E-state index contributed by atoms with van der Waals surface area (Å²) in [6.07, 6.45) is -9.72. The van der Waals surface area contributed by atoms with Crippen LogP contribution in [0.5, 0.6) is 0 Å². The van der Waals surface area contributed by atoms with Gasteiger partial charge in [-0.25, -0.2) is 0 Å². The molecular formula is C41H76N2O16. The third-order valence-corrected chi connectivity index (χ3v) is 12.6. The van der Waals surface area contributed by atoms with E-state index in [1.807, 2.05) is 25.9 Å². The van der Waals surface area contributed by atoms with Crippen LogP contribution in [0.15, 0.2) is 5.16 Å². The van der Waals surface area contributed by atoms with Crippen molar-refractivity contribution in [1.82, 2.24) is 4.90 Å². The fraction of sp³-hybridized carbons (Fsp3) is 0.951. The van der Waals surface area contributed by atoms with E-state index in [0.29, 0.717) is 6.42 Å². The van der Waals surface area contributed by atoms with E-state index in [0.717, 1.165) is 0 Å². The Morgan fingerprint density at radius 3 is 2.14 bits per heavy atom. The maximum absolute atomic E-state index is 14.3. The van der Waals surface area contributed by atoms with Gasteiger partial charge >= 0.3 is 5.97 Å². The number of carbonyl (C=O) groups excluding carboxylic acids is 1. The van der Waals surface area contributed by atoms with Crippen LogP contribution in [0, 0.1) is 23.7 Å². The zero-order chi connectivity index (χ0) is 44.6. The summed E-state index contributed by atoms with van der Waals surface area (Å²) in [6.45, 7) is 16.2. The molecule has 0 amide bonds. The van der Waals surface area contributed by atoms with Gasteiger partial charge in [-0.15, -0.1) is 0 Å². The van der Waals surface area contributed by atoms with Crippen molar-refractivity contribution in [3.8, 4) is 0 Å². The maximum Gasteiger partial charge on any atom is 0.311 e. The molecule has 3 aliphatic rings. The fourth-order valence-electron chi connectivity index (χ4n) is 8.97. The quantitative estimate of drug-likeness (QED) is 0.0629. The Morgan fingerprint density at radius 1 is 0.898 bits per heavy atom. The molecule has 3 saturated heterocycles. The summed E-state index contributed by atoms with van der Waals surface area (Å²) in [5.74, 6) is -4.25. The number of hydrogen-bond acceptors (Lipinski definition) is 18. The fourth-order valence-corrected chi connectivity index (χ4v) is 8.97. The standard InChI is InChI=1S/C41H76N2O16/c1-14-29-41(10,50)34(46)24(4)31(42-54-21-53-16-15-52-20-44)22(2)18-39(8,49)36(59-38-32(45)28(43(11)12)17-23(3)55-38)25(5)33(26(6)37(48)57-29)58-30-19-40(9,51-13)35(47)27(7)56-30/h22-30,32-36,38,44-47,49-50H,14-21H2,1-13H3/b42-31+/t22-,23-,24+,25+,26-,27+,28+,29-,30+,32-,33+,34-,35+,36-,38+,39-,40-,41-/m1/s1. The molecule has 0 radical (unpaired) electrons. The number of oxime groups is 1. The lowest BCUT2D eigenvalue weighted by Crippen LogP contribution is -2.61. The highest BCUT2D eigenvalue weighted by Crippen LogP contribution is 2.41. The number of aliphatic hydroxyl groups excluding tert-OH is 4. The zero-order valence-corrected chi connectivity index (χ0v) is 37.5. The molecule has 18 heteroatoms. The molecule has 18 atom stereocenters. The van der Waals surface area contributed by atoms with Gasteiger partial charge in [0.15, 0.2) is 12.6 Å². The van der Waals surface area contributed by atoms with Gasteiger partial charge in [0.2, 0.25) is 6.79 Å². The second-order valence-corrected chi connectivity index (χ2v) is 17.8. The average molecular weight is 853 g/mol. The van der Waals surface area contributed by atoms with Crippen molar-refractivity contribution in [2.45, 2.75) is 179 Å². The molecule has 3 aliphatic heterocycles. The number of hydrogen-bond donors (Lipinski definition) is 6. The SMILES string of the molecule is CC[C@H]1OC(=O)[C@H](C)[C@@H](O[C@H]2C[C@@](C)(OC)[C@@H](O)[C@H](C)O2)[C@H](C)[C@@H](O[C@@H]2O[C@H](C)C[C@H](N(C)C)[C@H]2O)[C@](C)(O)C[C@@H](C)/C(=N\OCOCCOCO)[C@H](C)[C@@H](O)[C@]1(C)O. The minimum absolute atomic E-state index is 0.0578. The van der Waals surface area contributed by atoms with Gasteiger partial charge in [0.25, 0.3) is 0 Å². The molecule has 0 spiro atoms. The molecule has 6 N–H and O–H groups in total. The van der Waals surface area contributed by atoms with Gasteiger partial charge in [-0.2, -0.15) is 0 Å². The Bertz CT molecular complexity index is 1320.